The van der Waals surface area contributed by atoms with Gasteiger partial charge in [-0.15, -0.1) is 0 Å². The van der Waals surface area contributed by atoms with E-state index in [0.717, 1.165) is 18.1 Å². The Hall–Kier alpha value is -0.870. The Balaban J connectivity index is 1.82. The highest BCUT2D eigenvalue weighted by atomic mass is 16.3. The van der Waals surface area contributed by atoms with Gasteiger partial charge in [0.05, 0.1) is 6.61 Å². The van der Waals surface area contributed by atoms with Gasteiger partial charge in [0.2, 0.25) is 0 Å². The Morgan fingerprint density at radius 2 is 2.46 bits per heavy atom. The van der Waals surface area contributed by atoms with Crippen molar-refractivity contribution in [2.24, 2.45) is 0 Å². The highest BCUT2D eigenvalue weighted by Gasteiger charge is 2.26. The number of nitrogens with zero attached hydrogens (tertiary/aromatic N) is 1. The third-order valence-electron chi connectivity index (χ3n) is 2.22. The van der Waals surface area contributed by atoms with E-state index < -0.39 is 0 Å². The summed E-state index contributed by atoms with van der Waals surface area (Å²) in [5, 5.41) is 11.7. The lowest BCUT2D eigenvalue weighted by Gasteiger charge is -1.98. The summed E-state index contributed by atoms with van der Waals surface area (Å²) in [6, 6.07) is 0. The molecular weight excluding hydrogens is 166 g/mol. The van der Waals surface area contributed by atoms with E-state index in [-0.39, 0.29) is 6.61 Å². The van der Waals surface area contributed by atoms with E-state index in [4.69, 9.17) is 5.11 Å². The van der Waals surface area contributed by atoms with Crippen LogP contribution in [0.15, 0.2) is 6.20 Å². The molecule has 0 unspecified atom stereocenters. The van der Waals surface area contributed by atoms with Gasteiger partial charge >= 0.3 is 0 Å². The molecule has 0 radical (unpaired) electrons. The van der Waals surface area contributed by atoms with E-state index in [1.807, 2.05) is 6.20 Å². The van der Waals surface area contributed by atoms with Crippen LogP contribution in [-0.2, 0) is 6.54 Å². The summed E-state index contributed by atoms with van der Waals surface area (Å²) in [7, 11) is 0. The summed E-state index contributed by atoms with van der Waals surface area (Å²) in [5.41, 5.74) is 1.11. The minimum Gasteiger partial charge on any atom is -0.395 e. The van der Waals surface area contributed by atoms with Crippen molar-refractivity contribution in [3.05, 3.63) is 17.7 Å². The second-order valence-corrected chi connectivity index (χ2v) is 3.47. The van der Waals surface area contributed by atoms with Gasteiger partial charge in [-0.05, 0) is 12.8 Å². The normalized spacial score (nSPS) is 16.4. The van der Waals surface area contributed by atoms with Gasteiger partial charge in [0.25, 0.3) is 0 Å². The minimum absolute atomic E-state index is 0.184. The summed E-state index contributed by atoms with van der Waals surface area (Å²) >= 11 is 0. The van der Waals surface area contributed by atoms with E-state index in [9.17, 15) is 0 Å². The summed E-state index contributed by atoms with van der Waals surface area (Å²) < 4.78 is 0. The molecule has 1 heterocycles. The van der Waals surface area contributed by atoms with Crippen molar-refractivity contribution in [1.29, 1.82) is 0 Å². The molecule has 13 heavy (non-hydrogen) atoms. The SMILES string of the molecule is OCCNCc1cnc(C2CC2)[nH]1. The van der Waals surface area contributed by atoms with Crippen molar-refractivity contribution >= 4 is 0 Å². The molecule has 3 N–H and O–H groups in total. The minimum atomic E-state index is 0.184. The van der Waals surface area contributed by atoms with Crippen LogP contribution in [-0.4, -0.2) is 28.2 Å². The highest BCUT2D eigenvalue weighted by Crippen LogP contribution is 2.37. The molecule has 0 saturated heterocycles. The van der Waals surface area contributed by atoms with Crippen molar-refractivity contribution < 1.29 is 5.11 Å². The molecule has 1 saturated carbocycles. The van der Waals surface area contributed by atoms with Gasteiger partial charge in [0, 0.05) is 30.9 Å². The molecule has 0 bridgehead atoms. The van der Waals surface area contributed by atoms with Crippen LogP contribution in [0.4, 0.5) is 0 Å². The lowest BCUT2D eigenvalue weighted by Crippen LogP contribution is -2.17. The Kier molecular flexibility index (Phi) is 2.61. The second kappa shape index (κ2) is 3.89. The topological polar surface area (TPSA) is 60.9 Å². The molecular formula is C9H15N3O. The molecule has 1 fully saturated rings. The fourth-order valence-corrected chi connectivity index (χ4v) is 1.33. The summed E-state index contributed by atoms with van der Waals surface area (Å²) in [6.07, 6.45) is 4.42. The monoisotopic (exact) mass is 181 g/mol. The van der Waals surface area contributed by atoms with E-state index in [1.54, 1.807) is 0 Å². The molecule has 1 aromatic heterocycles. The average Bonchev–Trinajstić information content (AvgIpc) is 2.88. The number of aromatic amines is 1. The van der Waals surface area contributed by atoms with Crippen LogP contribution in [0, 0.1) is 0 Å². The molecule has 0 amide bonds. The maximum absolute atomic E-state index is 8.56. The quantitative estimate of drug-likeness (QED) is 0.575. The fraction of sp³-hybridized carbons (Fsp3) is 0.667. The second-order valence-electron chi connectivity index (χ2n) is 3.47. The predicted octanol–water partition coefficient (Wildman–Crippen LogP) is 0.369. The first-order valence-electron chi connectivity index (χ1n) is 4.75. The molecule has 4 nitrogen and oxygen atoms in total. The smallest absolute Gasteiger partial charge is 0.109 e. The Labute approximate surface area is 77.4 Å². The Morgan fingerprint density at radius 1 is 1.62 bits per heavy atom. The Bertz CT molecular complexity index is 268. The van der Waals surface area contributed by atoms with Crippen molar-refractivity contribution in [2.45, 2.75) is 25.3 Å². The first-order chi connectivity index (χ1) is 6.40. The van der Waals surface area contributed by atoms with Crippen LogP contribution >= 0.6 is 0 Å². The summed E-state index contributed by atoms with van der Waals surface area (Å²) in [4.78, 5) is 7.58. The number of aromatic nitrogens is 2. The van der Waals surface area contributed by atoms with Crippen LogP contribution in [0.3, 0.4) is 0 Å². The van der Waals surface area contributed by atoms with Crippen LogP contribution < -0.4 is 5.32 Å². The van der Waals surface area contributed by atoms with Crippen molar-refractivity contribution in [3.8, 4) is 0 Å². The zero-order valence-electron chi connectivity index (χ0n) is 7.58. The average molecular weight is 181 g/mol. The van der Waals surface area contributed by atoms with E-state index in [2.05, 4.69) is 15.3 Å². The summed E-state index contributed by atoms with van der Waals surface area (Å²) in [6.45, 7) is 1.59. The molecule has 2 rings (SSSR count). The summed E-state index contributed by atoms with van der Waals surface area (Å²) in [5.74, 6) is 1.81. The van der Waals surface area contributed by atoms with Gasteiger partial charge in [-0.25, -0.2) is 4.98 Å². The van der Waals surface area contributed by atoms with E-state index in [0.29, 0.717) is 12.5 Å². The van der Waals surface area contributed by atoms with Crippen LogP contribution in [0.2, 0.25) is 0 Å². The van der Waals surface area contributed by atoms with Gasteiger partial charge in [0.1, 0.15) is 5.82 Å². The number of nitrogens with one attached hydrogen (secondary N) is 2. The first-order valence-corrected chi connectivity index (χ1v) is 4.75. The molecule has 0 aliphatic heterocycles. The maximum Gasteiger partial charge on any atom is 0.109 e. The van der Waals surface area contributed by atoms with Gasteiger partial charge in [-0.2, -0.15) is 0 Å². The fourth-order valence-electron chi connectivity index (χ4n) is 1.33. The molecule has 72 valence electrons. The zero-order chi connectivity index (χ0) is 9.10. The predicted molar refractivity (Wildman–Crippen MR) is 49.4 cm³/mol. The van der Waals surface area contributed by atoms with Crippen molar-refractivity contribution in [2.75, 3.05) is 13.2 Å². The molecule has 1 aromatic rings. The highest BCUT2D eigenvalue weighted by molar-refractivity contribution is 5.10. The van der Waals surface area contributed by atoms with Crippen molar-refractivity contribution in [3.63, 3.8) is 0 Å². The molecule has 0 atom stereocenters. The molecule has 1 aliphatic carbocycles. The number of imidazole rings is 1. The molecule has 0 aromatic carbocycles. The number of H-pyrrole nitrogens is 1. The Morgan fingerprint density at radius 3 is 3.15 bits per heavy atom. The maximum atomic E-state index is 8.56. The first kappa shape index (κ1) is 8.72. The zero-order valence-corrected chi connectivity index (χ0v) is 7.58. The van der Waals surface area contributed by atoms with Gasteiger partial charge in [0.15, 0.2) is 0 Å². The van der Waals surface area contributed by atoms with Crippen molar-refractivity contribution in [1.82, 2.24) is 15.3 Å². The molecule has 4 heteroatoms. The molecule has 1 aliphatic rings. The number of aliphatic hydroxyl groups is 1. The number of rotatable bonds is 5. The van der Waals surface area contributed by atoms with Gasteiger partial charge in [-0.1, -0.05) is 0 Å². The molecule has 0 spiro atoms. The third-order valence-corrected chi connectivity index (χ3v) is 2.22. The standard InChI is InChI=1S/C9H15N3O/c13-4-3-10-5-8-6-11-9(12-8)7-1-2-7/h6-7,10,13H,1-5H2,(H,11,12). The number of hydrogen-bond acceptors (Lipinski definition) is 3. The van der Waals surface area contributed by atoms with Gasteiger partial charge in [-0.3, -0.25) is 0 Å². The lowest BCUT2D eigenvalue weighted by atomic mass is 10.4. The lowest BCUT2D eigenvalue weighted by molar-refractivity contribution is 0.291. The largest absolute Gasteiger partial charge is 0.395 e. The van der Waals surface area contributed by atoms with Crippen LogP contribution in [0.25, 0.3) is 0 Å². The van der Waals surface area contributed by atoms with Crippen LogP contribution in [0.5, 0.6) is 0 Å². The van der Waals surface area contributed by atoms with E-state index in [1.165, 1.54) is 12.8 Å². The van der Waals surface area contributed by atoms with Gasteiger partial charge < -0.3 is 15.4 Å². The van der Waals surface area contributed by atoms with E-state index >= 15 is 0 Å². The van der Waals surface area contributed by atoms with Crippen LogP contribution in [0.1, 0.15) is 30.3 Å². The number of hydrogen-bond donors (Lipinski definition) is 3. The third kappa shape index (κ3) is 2.29. The number of aliphatic hydroxyl groups excluding tert-OH is 1.